The van der Waals surface area contributed by atoms with Gasteiger partial charge < -0.3 is 5.32 Å². The molecule has 0 atom stereocenters. The zero-order chi connectivity index (χ0) is 12.7. The minimum Gasteiger partial charge on any atom is -0.351 e. The largest absolute Gasteiger partial charge is 0.351 e. The molecule has 1 aromatic rings. The Labute approximate surface area is 107 Å². The second-order valence-electron chi connectivity index (χ2n) is 5.79. The normalized spacial score (nSPS) is 17.6. The number of carbonyl (C=O) groups excluding carboxylic acids is 1. The Morgan fingerprint density at radius 3 is 2.18 bits per heavy atom. The number of hydrogen-bond acceptors (Lipinski definition) is 1. The summed E-state index contributed by atoms with van der Waals surface area (Å²) in [4.78, 5) is 12.3. The third-order valence-electron chi connectivity index (χ3n) is 3.07. The first-order valence-corrected chi connectivity index (χ1v) is 6.30. The zero-order valence-electron chi connectivity index (χ0n) is 10.5. The maximum absolute atomic E-state index is 12.3. The average Bonchev–Trinajstić information content (AvgIpc) is 2.97. The van der Waals surface area contributed by atoms with Crippen molar-refractivity contribution < 1.29 is 4.79 Å². The fraction of sp³-hybridized carbons (Fsp3) is 0.500. The van der Waals surface area contributed by atoms with Gasteiger partial charge in [0.2, 0.25) is 5.91 Å². The van der Waals surface area contributed by atoms with E-state index in [2.05, 4.69) is 5.32 Å². The van der Waals surface area contributed by atoms with Gasteiger partial charge in [0, 0.05) is 10.6 Å². The monoisotopic (exact) mass is 251 g/mol. The van der Waals surface area contributed by atoms with Crippen LogP contribution in [0.5, 0.6) is 0 Å². The second kappa shape index (κ2) is 4.02. The Balaban J connectivity index is 2.20. The highest BCUT2D eigenvalue weighted by Crippen LogP contribution is 2.48. The summed E-state index contributed by atoms with van der Waals surface area (Å²) < 4.78 is 0. The van der Waals surface area contributed by atoms with E-state index in [0.29, 0.717) is 5.02 Å². The van der Waals surface area contributed by atoms with E-state index in [0.717, 1.165) is 18.4 Å². The molecule has 2 nitrogen and oxygen atoms in total. The van der Waals surface area contributed by atoms with Crippen LogP contribution in [0.3, 0.4) is 0 Å². The number of nitrogens with one attached hydrogen (secondary N) is 1. The highest BCUT2D eigenvalue weighted by Gasteiger charge is 2.51. The van der Waals surface area contributed by atoms with Crippen LogP contribution in [-0.4, -0.2) is 11.4 Å². The van der Waals surface area contributed by atoms with Gasteiger partial charge in [-0.2, -0.15) is 0 Å². The number of benzene rings is 1. The molecule has 1 aromatic carbocycles. The van der Waals surface area contributed by atoms with Crippen LogP contribution < -0.4 is 5.32 Å². The summed E-state index contributed by atoms with van der Waals surface area (Å²) in [5.41, 5.74) is 0.584. The van der Waals surface area contributed by atoms with Crippen LogP contribution in [0.2, 0.25) is 5.02 Å². The van der Waals surface area contributed by atoms with Crippen molar-refractivity contribution in [1.82, 2.24) is 5.32 Å². The lowest BCUT2D eigenvalue weighted by Crippen LogP contribution is -2.46. The molecule has 2 rings (SSSR count). The molecule has 1 amide bonds. The predicted molar refractivity (Wildman–Crippen MR) is 70.3 cm³/mol. The number of rotatable bonds is 2. The molecule has 0 heterocycles. The van der Waals surface area contributed by atoms with Gasteiger partial charge in [0.05, 0.1) is 5.41 Å². The van der Waals surface area contributed by atoms with Gasteiger partial charge in [-0.15, -0.1) is 0 Å². The Kier molecular flexibility index (Phi) is 2.94. The van der Waals surface area contributed by atoms with Crippen molar-refractivity contribution in [3.63, 3.8) is 0 Å². The van der Waals surface area contributed by atoms with E-state index in [1.54, 1.807) is 0 Å². The third-order valence-corrected chi connectivity index (χ3v) is 3.32. The van der Waals surface area contributed by atoms with E-state index in [9.17, 15) is 4.79 Å². The van der Waals surface area contributed by atoms with Crippen molar-refractivity contribution in [3.8, 4) is 0 Å². The first-order chi connectivity index (χ1) is 7.83. The van der Waals surface area contributed by atoms with Gasteiger partial charge in [-0.25, -0.2) is 0 Å². The lowest BCUT2D eigenvalue weighted by molar-refractivity contribution is -0.125. The molecule has 3 heteroatoms. The lowest BCUT2D eigenvalue weighted by Gasteiger charge is -2.25. The van der Waals surface area contributed by atoms with Crippen LogP contribution in [0.1, 0.15) is 39.2 Å². The van der Waals surface area contributed by atoms with Crippen molar-refractivity contribution in [2.75, 3.05) is 0 Å². The van der Waals surface area contributed by atoms with Gasteiger partial charge in [0.25, 0.3) is 0 Å². The summed E-state index contributed by atoms with van der Waals surface area (Å²) in [5, 5.41) is 3.77. The van der Waals surface area contributed by atoms with E-state index in [1.807, 2.05) is 45.0 Å². The second-order valence-corrected chi connectivity index (χ2v) is 6.23. The number of carbonyl (C=O) groups is 1. The van der Waals surface area contributed by atoms with Crippen LogP contribution >= 0.6 is 11.6 Å². The quantitative estimate of drug-likeness (QED) is 0.859. The summed E-state index contributed by atoms with van der Waals surface area (Å²) in [6, 6.07) is 7.61. The molecule has 1 fully saturated rings. The van der Waals surface area contributed by atoms with Crippen molar-refractivity contribution >= 4 is 17.5 Å². The zero-order valence-corrected chi connectivity index (χ0v) is 11.3. The summed E-state index contributed by atoms with van der Waals surface area (Å²) in [5.74, 6) is 0.132. The molecule has 0 unspecified atom stereocenters. The molecule has 92 valence electrons. The molecule has 1 aliphatic rings. The number of halogens is 1. The molecular weight excluding hydrogens is 234 g/mol. The summed E-state index contributed by atoms with van der Waals surface area (Å²) in [6.45, 7) is 6.01. The van der Waals surface area contributed by atoms with Crippen LogP contribution in [0.4, 0.5) is 0 Å². The summed E-state index contributed by atoms with van der Waals surface area (Å²) >= 11 is 5.87. The molecule has 0 aliphatic heterocycles. The van der Waals surface area contributed by atoms with Crippen LogP contribution in [0, 0.1) is 0 Å². The van der Waals surface area contributed by atoms with Crippen molar-refractivity contribution in [2.24, 2.45) is 0 Å². The maximum Gasteiger partial charge on any atom is 0.231 e. The maximum atomic E-state index is 12.3. The molecule has 0 spiro atoms. The van der Waals surface area contributed by atoms with Gasteiger partial charge in [0.15, 0.2) is 0 Å². The predicted octanol–water partition coefficient (Wildman–Crippen LogP) is 3.29. The summed E-state index contributed by atoms with van der Waals surface area (Å²) in [6.07, 6.45) is 1.85. The standard InChI is InChI=1S/C14H18ClNO/c1-13(2,3)16-12(17)14(8-9-14)10-4-6-11(15)7-5-10/h4-7H,8-9H2,1-3H3,(H,16,17). The molecular formula is C14H18ClNO. The average molecular weight is 252 g/mol. The van der Waals surface area contributed by atoms with Gasteiger partial charge >= 0.3 is 0 Å². The molecule has 0 bridgehead atoms. The van der Waals surface area contributed by atoms with E-state index in [1.165, 1.54) is 0 Å². The van der Waals surface area contributed by atoms with Gasteiger partial charge in [-0.05, 0) is 51.3 Å². The number of hydrogen-bond donors (Lipinski definition) is 1. The Hall–Kier alpha value is -1.02. The fourth-order valence-corrected chi connectivity index (χ4v) is 2.13. The van der Waals surface area contributed by atoms with E-state index in [-0.39, 0.29) is 16.9 Å². The summed E-state index contributed by atoms with van der Waals surface area (Å²) in [7, 11) is 0. The molecule has 0 saturated heterocycles. The minimum atomic E-state index is -0.308. The fourth-order valence-electron chi connectivity index (χ4n) is 2.00. The molecule has 0 radical (unpaired) electrons. The third kappa shape index (κ3) is 2.63. The minimum absolute atomic E-state index is 0.132. The van der Waals surface area contributed by atoms with Crippen LogP contribution in [-0.2, 0) is 10.2 Å². The number of amides is 1. The molecule has 0 aromatic heterocycles. The topological polar surface area (TPSA) is 29.1 Å². The van der Waals surface area contributed by atoms with E-state index in [4.69, 9.17) is 11.6 Å². The highest BCUT2D eigenvalue weighted by molar-refractivity contribution is 6.30. The first kappa shape index (κ1) is 12.4. The van der Waals surface area contributed by atoms with E-state index < -0.39 is 0 Å². The Bertz CT molecular complexity index is 427. The van der Waals surface area contributed by atoms with E-state index >= 15 is 0 Å². The van der Waals surface area contributed by atoms with Crippen molar-refractivity contribution in [2.45, 2.75) is 44.6 Å². The lowest BCUT2D eigenvalue weighted by atomic mass is 9.93. The molecule has 1 saturated carbocycles. The first-order valence-electron chi connectivity index (χ1n) is 5.92. The van der Waals surface area contributed by atoms with Gasteiger partial charge in [0.1, 0.15) is 0 Å². The van der Waals surface area contributed by atoms with Gasteiger partial charge in [-0.3, -0.25) is 4.79 Å². The Morgan fingerprint density at radius 2 is 1.76 bits per heavy atom. The molecule has 1 aliphatic carbocycles. The molecule has 1 N–H and O–H groups in total. The van der Waals surface area contributed by atoms with Crippen LogP contribution in [0.15, 0.2) is 24.3 Å². The Morgan fingerprint density at radius 1 is 1.24 bits per heavy atom. The van der Waals surface area contributed by atoms with Crippen molar-refractivity contribution in [3.05, 3.63) is 34.9 Å². The SMILES string of the molecule is CC(C)(C)NC(=O)C1(c2ccc(Cl)cc2)CC1. The van der Waals surface area contributed by atoms with Crippen LogP contribution in [0.25, 0.3) is 0 Å². The van der Waals surface area contributed by atoms with Crippen molar-refractivity contribution in [1.29, 1.82) is 0 Å². The smallest absolute Gasteiger partial charge is 0.231 e. The highest BCUT2D eigenvalue weighted by atomic mass is 35.5. The molecule has 17 heavy (non-hydrogen) atoms. The van der Waals surface area contributed by atoms with Gasteiger partial charge in [-0.1, -0.05) is 23.7 Å².